The van der Waals surface area contributed by atoms with Gasteiger partial charge in [-0.05, 0) is 117 Å². The minimum absolute atomic E-state index is 0.468. The Labute approximate surface area is 556 Å². The number of furan rings is 1. The summed E-state index contributed by atoms with van der Waals surface area (Å²) < 4.78 is 16.9. The summed E-state index contributed by atoms with van der Waals surface area (Å²) in [4.78, 5) is 4.96. The highest BCUT2D eigenvalue weighted by atomic mass is 16.3. The molecule has 0 saturated heterocycles. The third kappa shape index (κ3) is 7.87. The van der Waals surface area contributed by atoms with Crippen molar-refractivity contribution in [1.29, 1.82) is 5.26 Å². The second-order valence-corrected chi connectivity index (χ2v) is 25.1. The first kappa shape index (κ1) is 54.3. The Balaban J connectivity index is 1.13. The number of para-hydroxylation sites is 4. The minimum Gasteiger partial charge on any atom is -0.438 e. The van der Waals surface area contributed by atoms with Crippen LogP contribution in [0, 0.1) is 11.3 Å². The molecule has 0 aliphatic rings. The summed E-state index contributed by atoms with van der Waals surface area (Å²) in [6.07, 6.45) is 1.81. The van der Waals surface area contributed by atoms with Crippen molar-refractivity contribution >= 4 is 109 Å². The maximum atomic E-state index is 13.7. The van der Waals surface area contributed by atoms with Gasteiger partial charge in [-0.15, -0.1) is 0 Å². The molecule has 0 amide bonds. The first-order valence-electron chi connectivity index (χ1n) is 32.9. The van der Waals surface area contributed by atoms with E-state index in [1.165, 1.54) is 0 Å². The monoisotopic (exact) mass is 1230 g/mol. The van der Waals surface area contributed by atoms with Crippen molar-refractivity contribution < 1.29 is 4.42 Å². The van der Waals surface area contributed by atoms with Crippen molar-refractivity contribution in [2.24, 2.45) is 0 Å². The molecule has 7 heteroatoms. The number of benzene rings is 14. The second kappa shape index (κ2) is 21.4. The van der Waals surface area contributed by atoms with E-state index < -0.39 is 0 Å². The maximum absolute atomic E-state index is 13.7. The third-order valence-electron chi connectivity index (χ3n) is 20.1. The van der Waals surface area contributed by atoms with Gasteiger partial charge in [-0.1, -0.05) is 255 Å². The van der Waals surface area contributed by atoms with Gasteiger partial charge in [0, 0.05) is 65.6 Å². The predicted octanol–water partition coefficient (Wildman–Crippen LogP) is 23.6. The van der Waals surface area contributed by atoms with Crippen LogP contribution in [0.1, 0.15) is 5.56 Å². The number of nitrogens with zero attached hydrogens (tertiary/aromatic N) is 6. The Bertz CT molecular complexity index is 6340. The van der Waals surface area contributed by atoms with Crippen molar-refractivity contribution in [2.75, 3.05) is 0 Å². The van der Waals surface area contributed by atoms with E-state index in [0.717, 1.165) is 165 Å². The van der Waals surface area contributed by atoms with Crippen LogP contribution in [-0.2, 0) is 0 Å². The molecule has 0 bridgehead atoms. The van der Waals surface area contributed by atoms with Crippen LogP contribution in [0.5, 0.6) is 0 Å². The fraction of sp³-hybridized carbons (Fsp3) is 0. The van der Waals surface area contributed by atoms with Gasteiger partial charge < -0.3 is 22.7 Å². The molecule has 0 spiro atoms. The van der Waals surface area contributed by atoms with Gasteiger partial charge in [0.05, 0.1) is 66.9 Å². The lowest BCUT2D eigenvalue weighted by Gasteiger charge is -2.29. The number of fused-ring (bicyclic) bond motifs is 15. The summed E-state index contributed by atoms with van der Waals surface area (Å²) in [5.74, 6) is 0. The molecule has 0 atom stereocenters. The topological polar surface area (TPSA) is 69.5 Å². The summed E-state index contributed by atoms with van der Waals surface area (Å²) in [6.45, 7) is 0. The van der Waals surface area contributed by atoms with Gasteiger partial charge in [-0.25, -0.2) is 4.98 Å². The summed E-state index contributed by atoms with van der Waals surface area (Å²) in [5, 5.41) is 24.0. The Hall–Kier alpha value is -13.3. The van der Waals surface area contributed by atoms with Gasteiger partial charge in [0.2, 0.25) is 5.71 Å². The Kier molecular flexibility index (Phi) is 12.0. The minimum atomic E-state index is 0.468. The second-order valence-electron chi connectivity index (χ2n) is 25.1. The summed E-state index contributed by atoms with van der Waals surface area (Å²) in [7, 11) is 0. The normalized spacial score (nSPS) is 11.9. The number of pyridine rings is 1. The molecule has 0 radical (unpaired) electrons. The molecular formula is C90H54N6O. The van der Waals surface area contributed by atoms with Crippen molar-refractivity contribution in [3.05, 3.63) is 333 Å². The average Bonchev–Trinajstić information content (AvgIpc) is 1.57. The quantitative estimate of drug-likeness (QED) is 0.145. The molecule has 0 aliphatic heterocycles. The van der Waals surface area contributed by atoms with E-state index in [2.05, 4.69) is 340 Å². The van der Waals surface area contributed by atoms with E-state index in [4.69, 9.17) is 9.40 Å². The third-order valence-corrected chi connectivity index (χ3v) is 20.1. The highest BCUT2D eigenvalue weighted by Crippen LogP contribution is 2.55. The Morgan fingerprint density at radius 3 is 0.918 bits per heavy atom. The number of hydrogen-bond donors (Lipinski definition) is 0. The Morgan fingerprint density at radius 1 is 0.258 bits per heavy atom. The molecule has 6 heterocycles. The fourth-order valence-corrected chi connectivity index (χ4v) is 16.3. The molecule has 97 heavy (non-hydrogen) atoms. The van der Waals surface area contributed by atoms with Crippen LogP contribution in [0.2, 0.25) is 0 Å². The van der Waals surface area contributed by atoms with E-state index in [9.17, 15) is 5.26 Å². The highest BCUT2D eigenvalue weighted by Gasteiger charge is 2.37. The van der Waals surface area contributed by atoms with E-state index >= 15 is 0 Å². The first-order chi connectivity index (χ1) is 48.2. The zero-order valence-corrected chi connectivity index (χ0v) is 52.3. The van der Waals surface area contributed by atoms with Crippen molar-refractivity contribution in [3.8, 4) is 84.5 Å². The van der Waals surface area contributed by atoms with Crippen molar-refractivity contribution in [1.82, 2.24) is 23.3 Å². The fourth-order valence-electron chi connectivity index (χ4n) is 16.3. The molecule has 6 aromatic heterocycles. The molecule has 20 rings (SSSR count). The van der Waals surface area contributed by atoms with Crippen LogP contribution in [0.15, 0.2) is 332 Å². The molecular weight excluding hydrogens is 1180 g/mol. The van der Waals surface area contributed by atoms with Gasteiger partial charge in [-0.2, -0.15) is 5.26 Å². The van der Waals surface area contributed by atoms with Crippen LogP contribution in [0.4, 0.5) is 0 Å². The van der Waals surface area contributed by atoms with Crippen molar-refractivity contribution in [3.63, 3.8) is 0 Å². The molecule has 0 N–H and O–H groups in total. The standard InChI is InChI=1S/C90H54N6O/c91-55-70-86(93-71-45-17-13-35-64(71)80-60(39-21-49-75(80)93)56-27-5-1-6-28-56)88(95-73-47-19-15-37-66(73)82-62(41-23-51-77(82)95)58-31-9-3-10-32-58)85(68-43-25-53-79-84(68)69-44-26-54-92-90(69)97-79)89(96-74-48-20-16-38-67(74)83-63(42-24-52-78(83)96)59-33-11-4-12-34-59)87(70)94-72-46-18-14-36-65(72)81-61(40-22-50-76(81)94)57-29-7-2-8-30-57/h1-54H. The number of aromatic nitrogens is 5. The van der Waals surface area contributed by atoms with Gasteiger partial charge in [0.1, 0.15) is 17.2 Å². The first-order valence-corrected chi connectivity index (χ1v) is 32.9. The van der Waals surface area contributed by atoms with Gasteiger partial charge in [0.15, 0.2) is 0 Å². The van der Waals surface area contributed by atoms with Crippen LogP contribution in [-0.4, -0.2) is 23.3 Å². The summed E-state index contributed by atoms with van der Waals surface area (Å²) in [5.41, 5.74) is 22.9. The van der Waals surface area contributed by atoms with Gasteiger partial charge in [-0.3, -0.25) is 0 Å². The zero-order chi connectivity index (χ0) is 63.8. The zero-order valence-electron chi connectivity index (χ0n) is 52.3. The molecule has 14 aromatic carbocycles. The highest BCUT2D eigenvalue weighted by molar-refractivity contribution is 6.24. The molecule has 0 saturated carbocycles. The molecule has 450 valence electrons. The van der Waals surface area contributed by atoms with Crippen LogP contribution in [0.3, 0.4) is 0 Å². The number of rotatable bonds is 9. The van der Waals surface area contributed by atoms with E-state index in [-0.39, 0.29) is 0 Å². The number of hydrogen-bond acceptors (Lipinski definition) is 3. The lowest BCUT2D eigenvalue weighted by molar-refractivity contribution is 0.654. The molecule has 7 nitrogen and oxygen atoms in total. The van der Waals surface area contributed by atoms with E-state index in [0.29, 0.717) is 28.2 Å². The summed E-state index contributed by atoms with van der Waals surface area (Å²) >= 11 is 0. The van der Waals surface area contributed by atoms with Crippen molar-refractivity contribution in [2.45, 2.75) is 0 Å². The summed E-state index contributed by atoms with van der Waals surface area (Å²) in [6, 6.07) is 119. The smallest absolute Gasteiger partial charge is 0.227 e. The Morgan fingerprint density at radius 2 is 0.557 bits per heavy atom. The maximum Gasteiger partial charge on any atom is 0.227 e. The molecule has 0 fully saturated rings. The molecule has 0 aliphatic carbocycles. The lowest BCUT2D eigenvalue weighted by atomic mass is 9.91. The van der Waals surface area contributed by atoms with E-state index in [1.807, 2.05) is 12.3 Å². The lowest BCUT2D eigenvalue weighted by Crippen LogP contribution is -2.16. The molecule has 0 unspecified atom stereocenters. The number of nitriles is 1. The average molecular weight is 1240 g/mol. The molecule has 20 aromatic rings. The van der Waals surface area contributed by atoms with Crippen LogP contribution in [0.25, 0.3) is 188 Å². The van der Waals surface area contributed by atoms with Crippen LogP contribution >= 0.6 is 0 Å². The predicted molar refractivity (Wildman–Crippen MR) is 401 cm³/mol. The van der Waals surface area contributed by atoms with E-state index in [1.54, 1.807) is 0 Å². The van der Waals surface area contributed by atoms with Gasteiger partial charge in [0.25, 0.3) is 0 Å². The van der Waals surface area contributed by atoms with Crippen LogP contribution < -0.4 is 0 Å². The van der Waals surface area contributed by atoms with Gasteiger partial charge >= 0.3 is 0 Å². The largest absolute Gasteiger partial charge is 0.438 e. The SMILES string of the molecule is N#Cc1c(-n2c3ccccc3c3c(-c4ccccc4)cccc32)c(-n2c3ccccc3c3c(-c4ccccc4)cccc32)c(-c2cccc3oc4ncccc4c23)c(-n2c3ccccc3c3c(-c4ccccc4)cccc32)c1-n1c2ccccc2c2c(-c3ccccc3)cccc21.